The Morgan fingerprint density at radius 3 is 2.96 bits per heavy atom. The molecule has 0 amide bonds. The van der Waals surface area contributed by atoms with Crippen LogP contribution in [0.5, 0.6) is 0 Å². The second kappa shape index (κ2) is 7.23. The number of fused-ring (bicyclic) bond motifs is 1. The first-order chi connectivity index (χ1) is 12.3. The van der Waals surface area contributed by atoms with E-state index in [1.165, 1.54) is 24.9 Å². The average molecular weight is 335 g/mol. The number of rotatable bonds is 5. The van der Waals surface area contributed by atoms with Gasteiger partial charge in [-0.25, -0.2) is 4.98 Å². The van der Waals surface area contributed by atoms with Gasteiger partial charge in [-0.3, -0.25) is 0 Å². The van der Waals surface area contributed by atoms with E-state index >= 15 is 0 Å². The first-order valence-corrected chi connectivity index (χ1v) is 9.12. The molecule has 0 aliphatic carbocycles. The van der Waals surface area contributed by atoms with Gasteiger partial charge in [0, 0.05) is 37.5 Å². The van der Waals surface area contributed by atoms with Crippen LogP contribution in [0, 0.1) is 6.92 Å². The first-order valence-electron chi connectivity index (χ1n) is 9.12. The molecule has 0 saturated carbocycles. The molecule has 3 heterocycles. The average Bonchev–Trinajstić information content (AvgIpc) is 3.11. The van der Waals surface area contributed by atoms with Crippen LogP contribution < -0.4 is 5.32 Å². The van der Waals surface area contributed by atoms with Gasteiger partial charge in [-0.15, -0.1) is 0 Å². The minimum Gasteiger partial charge on any atom is -0.369 e. The molecule has 2 aromatic heterocycles. The summed E-state index contributed by atoms with van der Waals surface area (Å²) in [6.45, 7) is 6.33. The second-order valence-corrected chi connectivity index (χ2v) is 6.86. The minimum absolute atomic E-state index is 0.663. The summed E-state index contributed by atoms with van der Waals surface area (Å²) >= 11 is 0. The van der Waals surface area contributed by atoms with Gasteiger partial charge in [0.15, 0.2) is 5.65 Å². The maximum absolute atomic E-state index is 4.49. The Morgan fingerprint density at radius 2 is 2.08 bits per heavy atom. The fourth-order valence-corrected chi connectivity index (χ4v) is 3.76. The Labute approximate surface area is 148 Å². The Bertz CT molecular complexity index is 826. The highest BCUT2D eigenvalue weighted by molar-refractivity contribution is 5.48. The lowest BCUT2D eigenvalue weighted by Gasteiger charge is -2.33. The van der Waals surface area contributed by atoms with Gasteiger partial charge in [-0.1, -0.05) is 30.3 Å². The Balaban J connectivity index is 1.36. The molecular formula is C20H25N5. The van der Waals surface area contributed by atoms with Gasteiger partial charge in [0.1, 0.15) is 5.82 Å². The largest absolute Gasteiger partial charge is 0.369 e. The van der Waals surface area contributed by atoms with Crippen molar-refractivity contribution in [3.63, 3.8) is 0 Å². The number of likely N-dealkylation sites (tertiary alicyclic amines) is 1. The summed E-state index contributed by atoms with van der Waals surface area (Å²) in [7, 11) is 0. The molecule has 3 aromatic rings. The van der Waals surface area contributed by atoms with E-state index in [1.54, 1.807) is 6.20 Å². The summed E-state index contributed by atoms with van der Waals surface area (Å²) in [5, 5.41) is 7.89. The van der Waals surface area contributed by atoms with E-state index in [4.69, 9.17) is 0 Å². The number of piperidine rings is 1. The lowest BCUT2D eigenvalue weighted by molar-refractivity contribution is 0.215. The molecule has 4 rings (SSSR count). The molecule has 5 nitrogen and oxygen atoms in total. The summed E-state index contributed by atoms with van der Waals surface area (Å²) in [5.74, 6) is 1.68. The lowest BCUT2D eigenvalue weighted by Crippen LogP contribution is -2.37. The van der Waals surface area contributed by atoms with Gasteiger partial charge in [-0.2, -0.15) is 9.61 Å². The molecule has 1 saturated heterocycles. The van der Waals surface area contributed by atoms with Crippen LogP contribution in [-0.2, 0) is 0 Å². The molecule has 0 spiro atoms. The summed E-state index contributed by atoms with van der Waals surface area (Å²) in [4.78, 5) is 7.06. The molecule has 1 aliphatic heterocycles. The van der Waals surface area contributed by atoms with Crippen molar-refractivity contribution in [1.29, 1.82) is 0 Å². The number of aryl methyl sites for hydroxylation is 1. The van der Waals surface area contributed by atoms with Crippen LogP contribution in [0.4, 0.5) is 5.82 Å². The number of nitrogens with zero attached hydrogens (tertiary/aromatic N) is 4. The molecule has 0 bridgehead atoms. The number of nitrogens with one attached hydrogen (secondary N) is 1. The van der Waals surface area contributed by atoms with Crippen molar-refractivity contribution in [2.75, 3.05) is 31.5 Å². The van der Waals surface area contributed by atoms with Crippen molar-refractivity contribution >= 4 is 11.5 Å². The molecule has 0 radical (unpaired) electrons. The summed E-state index contributed by atoms with van der Waals surface area (Å²) < 4.78 is 1.87. The molecule has 130 valence electrons. The second-order valence-electron chi connectivity index (χ2n) is 6.86. The molecule has 1 fully saturated rings. The van der Waals surface area contributed by atoms with Crippen molar-refractivity contribution in [3.05, 3.63) is 59.9 Å². The van der Waals surface area contributed by atoms with Gasteiger partial charge in [0.2, 0.25) is 0 Å². The fourth-order valence-electron chi connectivity index (χ4n) is 3.76. The zero-order chi connectivity index (χ0) is 17.1. The van der Waals surface area contributed by atoms with Gasteiger partial charge < -0.3 is 10.2 Å². The van der Waals surface area contributed by atoms with Crippen LogP contribution in [0.15, 0.2) is 48.7 Å². The van der Waals surface area contributed by atoms with E-state index in [0.717, 1.165) is 36.8 Å². The van der Waals surface area contributed by atoms with Gasteiger partial charge in [0.25, 0.3) is 0 Å². The van der Waals surface area contributed by atoms with Crippen LogP contribution in [0.3, 0.4) is 0 Å². The number of aromatic nitrogens is 3. The standard InChI is InChI=1S/C20H25N5/c1-16-14-20(25-19(23-16)9-10-22-25)21-11-13-24-12-5-8-18(15-24)17-6-3-2-4-7-17/h2-4,6-7,9-10,14,18,21H,5,8,11-13,15H2,1H3. The molecule has 5 heteroatoms. The third-order valence-corrected chi connectivity index (χ3v) is 5.00. The van der Waals surface area contributed by atoms with E-state index in [0.29, 0.717) is 5.92 Å². The van der Waals surface area contributed by atoms with Crippen LogP contribution in [0.1, 0.15) is 30.0 Å². The minimum atomic E-state index is 0.663. The third-order valence-electron chi connectivity index (χ3n) is 5.00. The molecule has 1 atom stereocenters. The molecular weight excluding hydrogens is 310 g/mol. The molecule has 1 aliphatic rings. The van der Waals surface area contributed by atoms with Crippen LogP contribution in [0.25, 0.3) is 5.65 Å². The predicted octanol–water partition coefficient (Wildman–Crippen LogP) is 3.33. The Hall–Kier alpha value is -2.40. The van der Waals surface area contributed by atoms with Crippen LogP contribution in [0.2, 0.25) is 0 Å². The Morgan fingerprint density at radius 1 is 1.20 bits per heavy atom. The summed E-state index contributed by atoms with van der Waals surface area (Å²) in [6.07, 6.45) is 4.37. The number of benzene rings is 1. The summed E-state index contributed by atoms with van der Waals surface area (Å²) in [6, 6.07) is 14.9. The van der Waals surface area contributed by atoms with Crippen molar-refractivity contribution < 1.29 is 0 Å². The highest BCUT2D eigenvalue weighted by atomic mass is 15.3. The van der Waals surface area contributed by atoms with Gasteiger partial charge in [-0.05, 0) is 37.8 Å². The highest BCUT2D eigenvalue weighted by Crippen LogP contribution is 2.26. The van der Waals surface area contributed by atoms with Crippen molar-refractivity contribution in [2.24, 2.45) is 0 Å². The molecule has 25 heavy (non-hydrogen) atoms. The van der Waals surface area contributed by atoms with Crippen molar-refractivity contribution in [2.45, 2.75) is 25.7 Å². The fraction of sp³-hybridized carbons (Fsp3) is 0.400. The van der Waals surface area contributed by atoms with Crippen LogP contribution in [-0.4, -0.2) is 45.7 Å². The topological polar surface area (TPSA) is 45.5 Å². The smallest absolute Gasteiger partial charge is 0.157 e. The first kappa shape index (κ1) is 16.1. The monoisotopic (exact) mass is 335 g/mol. The van der Waals surface area contributed by atoms with Crippen molar-refractivity contribution in [3.8, 4) is 0 Å². The van der Waals surface area contributed by atoms with E-state index in [2.05, 4.69) is 56.7 Å². The molecule has 1 N–H and O–H groups in total. The maximum Gasteiger partial charge on any atom is 0.157 e. The molecule has 1 aromatic carbocycles. The van der Waals surface area contributed by atoms with Crippen LogP contribution >= 0.6 is 0 Å². The quantitative estimate of drug-likeness (QED) is 0.777. The zero-order valence-electron chi connectivity index (χ0n) is 14.7. The Kier molecular flexibility index (Phi) is 4.65. The van der Waals surface area contributed by atoms with Gasteiger partial charge >= 0.3 is 0 Å². The lowest BCUT2D eigenvalue weighted by atomic mass is 9.91. The number of hydrogen-bond acceptors (Lipinski definition) is 4. The van der Waals surface area contributed by atoms with Gasteiger partial charge in [0.05, 0.1) is 6.20 Å². The van der Waals surface area contributed by atoms with E-state index < -0.39 is 0 Å². The van der Waals surface area contributed by atoms with Crippen molar-refractivity contribution in [1.82, 2.24) is 19.5 Å². The zero-order valence-corrected chi connectivity index (χ0v) is 14.7. The highest BCUT2D eigenvalue weighted by Gasteiger charge is 2.20. The molecule has 1 unspecified atom stereocenters. The number of hydrogen-bond donors (Lipinski definition) is 1. The third kappa shape index (κ3) is 3.66. The number of anilines is 1. The SMILES string of the molecule is Cc1cc(NCCN2CCCC(c3ccccc3)C2)n2nccc2n1. The van der Waals surface area contributed by atoms with E-state index in [1.807, 2.05) is 17.5 Å². The summed E-state index contributed by atoms with van der Waals surface area (Å²) in [5.41, 5.74) is 3.38. The normalized spacial score (nSPS) is 18.5. The maximum atomic E-state index is 4.49. The van der Waals surface area contributed by atoms with E-state index in [9.17, 15) is 0 Å². The van der Waals surface area contributed by atoms with E-state index in [-0.39, 0.29) is 0 Å². The predicted molar refractivity (Wildman–Crippen MR) is 101 cm³/mol.